The molecule has 1 aromatic heterocycles. The van der Waals surface area contributed by atoms with E-state index < -0.39 is 36.4 Å². The Hall–Kier alpha value is -1.98. The second-order valence-electron chi connectivity index (χ2n) is 3.72. The van der Waals surface area contributed by atoms with Crippen LogP contribution in [-0.4, -0.2) is 27.0 Å². The molecule has 0 bridgehead atoms. The summed E-state index contributed by atoms with van der Waals surface area (Å²) in [5.74, 6) is -0.817. The number of nitrogens with one attached hydrogen (secondary N) is 2. The summed E-state index contributed by atoms with van der Waals surface area (Å²) >= 11 is 0. The zero-order valence-electron chi connectivity index (χ0n) is 9.74. The normalized spacial score (nSPS) is 12.3. The number of sulfonamides is 2. The van der Waals surface area contributed by atoms with E-state index in [1.165, 1.54) is 0 Å². The molecule has 2 rings (SSSR count). The van der Waals surface area contributed by atoms with Crippen molar-refractivity contribution in [3.63, 3.8) is 0 Å². The number of aromatic nitrogens is 2. The van der Waals surface area contributed by atoms with Gasteiger partial charge in [0, 0.05) is 6.20 Å². The molecule has 0 aliphatic heterocycles. The Labute approximate surface area is 113 Å². The first-order valence-corrected chi connectivity index (χ1v) is 8.07. The third-order valence-corrected chi connectivity index (χ3v) is 4.58. The van der Waals surface area contributed by atoms with E-state index in [9.17, 15) is 21.2 Å². The van der Waals surface area contributed by atoms with Gasteiger partial charge in [0.05, 0.1) is 11.9 Å². The van der Waals surface area contributed by atoms with Crippen molar-refractivity contribution in [1.29, 1.82) is 0 Å². The zero-order valence-corrected chi connectivity index (χ0v) is 11.4. The highest BCUT2D eigenvalue weighted by Crippen LogP contribution is 2.24. The van der Waals surface area contributed by atoms with E-state index in [1.807, 2.05) is 4.72 Å². The molecular weight excluding hydrogens is 311 g/mol. The number of aromatic amines is 1. The van der Waals surface area contributed by atoms with Gasteiger partial charge < -0.3 is 0 Å². The van der Waals surface area contributed by atoms with E-state index in [1.54, 1.807) is 0 Å². The van der Waals surface area contributed by atoms with Gasteiger partial charge in [-0.1, -0.05) is 0 Å². The molecular formula is C9H9FN4O4S2. The standard InChI is InChI=1S/C9H9FN4O4S2/c10-6-1-2-9(19(11,15)16)8(3-6)14-20(17,18)7-4-12-13-5-7/h1-5,14H,(H,12,13)(H2,11,15,16). The van der Waals surface area contributed by atoms with Gasteiger partial charge in [-0.2, -0.15) is 5.10 Å². The van der Waals surface area contributed by atoms with Crippen LogP contribution in [0.15, 0.2) is 40.4 Å². The molecule has 20 heavy (non-hydrogen) atoms. The molecule has 108 valence electrons. The third-order valence-electron chi connectivity index (χ3n) is 2.28. The van der Waals surface area contributed by atoms with Crippen molar-refractivity contribution in [2.45, 2.75) is 9.79 Å². The van der Waals surface area contributed by atoms with Crippen LogP contribution in [0.25, 0.3) is 0 Å². The molecule has 0 atom stereocenters. The summed E-state index contributed by atoms with van der Waals surface area (Å²) in [6, 6.07) is 2.45. The molecule has 0 unspecified atom stereocenters. The monoisotopic (exact) mass is 320 g/mol. The lowest BCUT2D eigenvalue weighted by atomic mass is 10.3. The maximum atomic E-state index is 13.2. The highest BCUT2D eigenvalue weighted by Gasteiger charge is 2.21. The van der Waals surface area contributed by atoms with Crippen molar-refractivity contribution in [1.82, 2.24) is 10.2 Å². The number of anilines is 1. The smallest absolute Gasteiger partial charge is 0.265 e. The zero-order chi connectivity index (χ0) is 15.0. The average molecular weight is 320 g/mol. The lowest BCUT2D eigenvalue weighted by Gasteiger charge is -2.10. The Morgan fingerprint density at radius 1 is 1.25 bits per heavy atom. The summed E-state index contributed by atoms with van der Waals surface area (Å²) in [5, 5.41) is 10.7. The topological polar surface area (TPSA) is 135 Å². The lowest BCUT2D eigenvalue weighted by Crippen LogP contribution is -2.18. The number of hydrogen-bond donors (Lipinski definition) is 3. The molecule has 0 amide bonds. The minimum atomic E-state index is -4.21. The summed E-state index contributed by atoms with van der Waals surface area (Å²) < 4.78 is 61.6. The predicted molar refractivity (Wildman–Crippen MR) is 67.2 cm³/mol. The van der Waals surface area contributed by atoms with Gasteiger partial charge in [-0.3, -0.25) is 9.82 Å². The molecule has 0 fully saturated rings. The summed E-state index contributed by atoms with van der Waals surface area (Å²) in [4.78, 5) is -0.770. The summed E-state index contributed by atoms with van der Waals surface area (Å²) in [6.45, 7) is 0. The number of primary sulfonamides is 1. The van der Waals surface area contributed by atoms with Crippen molar-refractivity contribution in [2.75, 3.05) is 4.72 Å². The van der Waals surface area contributed by atoms with Gasteiger partial charge in [-0.25, -0.2) is 26.4 Å². The number of hydrogen-bond acceptors (Lipinski definition) is 5. The maximum Gasteiger partial charge on any atom is 0.265 e. The number of H-pyrrole nitrogens is 1. The molecule has 1 aromatic carbocycles. The first-order valence-electron chi connectivity index (χ1n) is 5.04. The van der Waals surface area contributed by atoms with Gasteiger partial charge in [0.2, 0.25) is 10.0 Å². The second-order valence-corrected chi connectivity index (χ2v) is 6.94. The number of rotatable bonds is 4. The number of nitrogens with zero attached hydrogens (tertiary/aromatic N) is 1. The number of halogens is 1. The van der Waals surface area contributed by atoms with Crippen LogP contribution in [-0.2, 0) is 20.0 Å². The number of nitrogens with two attached hydrogens (primary N) is 1. The average Bonchev–Trinajstić information content (AvgIpc) is 2.80. The van der Waals surface area contributed by atoms with Gasteiger partial charge in [0.15, 0.2) is 0 Å². The van der Waals surface area contributed by atoms with Crippen molar-refractivity contribution < 1.29 is 21.2 Å². The van der Waals surface area contributed by atoms with Crippen LogP contribution in [0.1, 0.15) is 0 Å². The Bertz CT molecular complexity index is 831. The van der Waals surface area contributed by atoms with Crippen LogP contribution in [0, 0.1) is 5.82 Å². The molecule has 2 aromatic rings. The summed E-state index contributed by atoms with van der Waals surface area (Å²) in [5.41, 5.74) is -0.478. The van der Waals surface area contributed by atoms with Gasteiger partial charge >= 0.3 is 0 Å². The SMILES string of the molecule is NS(=O)(=O)c1ccc(F)cc1NS(=O)(=O)c1cn[nH]c1. The van der Waals surface area contributed by atoms with Gasteiger partial charge in [0.1, 0.15) is 15.6 Å². The molecule has 0 aliphatic rings. The quantitative estimate of drug-likeness (QED) is 0.728. The largest absolute Gasteiger partial charge is 0.284 e. The van der Waals surface area contributed by atoms with E-state index in [2.05, 4.69) is 10.2 Å². The Morgan fingerprint density at radius 3 is 2.50 bits per heavy atom. The Balaban J connectivity index is 2.52. The fourth-order valence-electron chi connectivity index (χ4n) is 1.42. The van der Waals surface area contributed by atoms with Crippen LogP contribution < -0.4 is 9.86 Å². The van der Waals surface area contributed by atoms with E-state index in [0.717, 1.165) is 30.6 Å². The molecule has 8 nitrogen and oxygen atoms in total. The molecule has 0 aliphatic carbocycles. The highest BCUT2D eigenvalue weighted by atomic mass is 32.2. The lowest BCUT2D eigenvalue weighted by molar-refractivity contribution is 0.597. The Morgan fingerprint density at radius 2 is 1.95 bits per heavy atom. The van der Waals surface area contributed by atoms with Gasteiger partial charge in [-0.05, 0) is 18.2 Å². The maximum absolute atomic E-state index is 13.2. The molecule has 0 spiro atoms. The fraction of sp³-hybridized carbons (Fsp3) is 0. The molecule has 0 saturated carbocycles. The number of benzene rings is 1. The summed E-state index contributed by atoms with van der Waals surface area (Å²) in [7, 11) is -8.31. The molecule has 0 radical (unpaired) electrons. The first-order chi connectivity index (χ1) is 9.20. The predicted octanol–water partition coefficient (Wildman–Crippen LogP) is -0.00300. The minimum absolute atomic E-state index is 0.234. The molecule has 1 heterocycles. The van der Waals surface area contributed by atoms with Crippen LogP contribution in [0.5, 0.6) is 0 Å². The molecule has 11 heteroatoms. The van der Waals surface area contributed by atoms with E-state index in [0.29, 0.717) is 0 Å². The van der Waals surface area contributed by atoms with Gasteiger partial charge in [0.25, 0.3) is 10.0 Å². The van der Waals surface area contributed by atoms with Crippen LogP contribution >= 0.6 is 0 Å². The molecule has 4 N–H and O–H groups in total. The minimum Gasteiger partial charge on any atom is -0.284 e. The van der Waals surface area contributed by atoms with Crippen molar-refractivity contribution >= 4 is 25.7 Å². The van der Waals surface area contributed by atoms with Crippen LogP contribution in [0.3, 0.4) is 0 Å². The fourth-order valence-corrected chi connectivity index (χ4v) is 3.13. The Kier molecular flexibility index (Phi) is 3.50. The summed E-state index contributed by atoms with van der Waals surface area (Å²) in [6.07, 6.45) is 2.09. The first kappa shape index (κ1) is 14.4. The highest BCUT2D eigenvalue weighted by molar-refractivity contribution is 7.93. The van der Waals surface area contributed by atoms with Crippen molar-refractivity contribution in [2.24, 2.45) is 5.14 Å². The third kappa shape index (κ3) is 2.95. The van der Waals surface area contributed by atoms with Crippen molar-refractivity contribution in [3.8, 4) is 0 Å². The van der Waals surface area contributed by atoms with Crippen LogP contribution in [0.2, 0.25) is 0 Å². The second kappa shape index (κ2) is 4.85. The van der Waals surface area contributed by atoms with E-state index in [-0.39, 0.29) is 4.90 Å². The van der Waals surface area contributed by atoms with E-state index >= 15 is 0 Å². The van der Waals surface area contributed by atoms with E-state index in [4.69, 9.17) is 5.14 Å². The van der Waals surface area contributed by atoms with Crippen molar-refractivity contribution in [3.05, 3.63) is 36.4 Å². The van der Waals surface area contributed by atoms with Crippen LogP contribution in [0.4, 0.5) is 10.1 Å². The van der Waals surface area contributed by atoms with Gasteiger partial charge in [-0.15, -0.1) is 0 Å². The molecule has 0 saturated heterocycles.